The minimum Gasteiger partial charge on any atom is -0.497 e. The van der Waals surface area contributed by atoms with Gasteiger partial charge in [0.25, 0.3) is 0 Å². The molecule has 13 heteroatoms. The molecule has 0 saturated heterocycles. The maximum atomic E-state index is 15.2. The number of benzene rings is 2. The summed E-state index contributed by atoms with van der Waals surface area (Å²) in [6, 6.07) is 13.3. The summed E-state index contributed by atoms with van der Waals surface area (Å²) in [5, 5.41) is 22.0. The van der Waals surface area contributed by atoms with Crippen LogP contribution in [0.3, 0.4) is 0 Å². The number of anilines is 2. The minimum atomic E-state index is -1.05. The Morgan fingerprint density at radius 3 is 2.69 bits per heavy atom. The highest BCUT2D eigenvalue weighted by atomic mass is 35.5. The first-order chi connectivity index (χ1) is 20.0. The highest BCUT2D eigenvalue weighted by Gasteiger charge is 2.46. The number of nitrogens with one attached hydrogen (secondary N) is 1. The second kappa shape index (κ2) is 11.8. The number of rotatable bonds is 7. The fourth-order valence-corrected chi connectivity index (χ4v) is 7.11. The topological polar surface area (TPSA) is 134 Å². The van der Waals surface area contributed by atoms with E-state index in [0.717, 1.165) is 0 Å². The van der Waals surface area contributed by atoms with E-state index in [0.29, 0.717) is 33.0 Å². The molecule has 1 amide bonds. The van der Waals surface area contributed by atoms with E-state index < -0.39 is 17.2 Å². The van der Waals surface area contributed by atoms with Gasteiger partial charge in [-0.2, -0.15) is 5.26 Å². The molecule has 42 heavy (non-hydrogen) atoms. The smallest absolute Gasteiger partial charge is 0.234 e. The molecule has 1 aliphatic heterocycles. The van der Waals surface area contributed by atoms with Crippen LogP contribution in [-0.4, -0.2) is 34.8 Å². The van der Waals surface area contributed by atoms with E-state index in [9.17, 15) is 14.9 Å². The predicted octanol–water partition coefficient (Wildman–Crippen LogP) is 6.01. The third-order valence-electron chi connectivity index (χ3n) is 6.96. The number of hydrogen-bond acceptors (Lipinski definition) is 10. The summed E-state index contributed by atoms with van der Waals surface area (Å²) < 4.78 is 20.8. The average Bonchev–Trinajstić information content (AvgIpc) is 3.40. The Balaban J connectivity index is 1.46. The van der Waals surface area contributed by atoms with E-state index in [2.05, 4.69) is 21.6 Å². The Bertz CT molecular complexity index is 1660. The van der Waals surface area contributed by atoms with Gasteiger partial charge >= 0.3 is 0 Å². The fourth-order valence-electron chi connectivity index (χ4n) is 5.15. The summed E-state index contributed by atoms with van der Waals surface area (Å²) in [6.45, 7) is 3.92. The molecular weight excluding hydrogens is 599 g/mol. The summed E-state index contributed by atoms with van der Waals surface area (Å²) in [5.74, 6) is -1.36. The highest BCUT2D eigenvalue weighted by molar-refractivity contribution is 8.01. The Labute approximate surface area is 255 Å². The number of carbonyl (C=O) groups is 2. The molecule has 3 N–H and O–H groups in total. The first-order valence-electron chi connectivity index (χ1n) is 12.8. The van der Waals surface area contributed by atoms with Gasteiger partial charge in [-0.1, -0.05) is 54.6 Å². The molecule has 1 atom stereocenters. The summed E-state index contributed by atoms with van der Waals surface area (Å²) >= 11 is 8.79. The Hall–Kier alpha value is -3.92. The first-order valence-corrected chi connectivity index (χ1v) is 15.0. The molecule has 1 aliphatic carbocycles. The zero-order chi connectivity index (χ0) is 30.2. The second-order valence-electron chi connectivity index (χ2n) is 10.5. The third-order valence-corrected chi connectivity index (χ3v) is 9.33. The van der Waals surface area contributed by atoms with E-state index in [1.165, 1.54) is 41.3 Å². The lowest BCUT2D eigenvalue weighted by molar-refractivity contribution is -0.118. The number of nitrogens with two attached hydrogens (primary N) is 1. The van der Waals surface area contributed by atoms with Gasteiger partial charge in [0.2, 0.25) is 11.0 Å². The molecule has 0 spiro atoms. The quantitative estimate of drug-likeness (QED) is 0.303. The van der Waals surface area contributed by atoms with E-state index >= 15 is 4.39 Å². The normalized spacial score (nSPS) is 18.0. The van der Waals surface area contributed by atoms with Crippen LogP contribution in [0.2, 0.25) is 5.02 Å². The van der Waals surface area contributed by atoms with Crippen molar-refractivity contribution in [1.29, 1.82) is 5.26 Å². The monoisotopic (exact) mass is 624 g/mol. The molecule has 0 bridgehead atoms. The van der Waals surface area contributed by atoms with Crippen LogP contribution in [0.25, 0.3) is 0 Å². The molecule has 0 radical (unpaired) electrons. The molecule has 0 saturated carbocycles. The number of thioether (sulfide) groups is 1. The summed E-state index contributed by atoms with van der Waals surface area (Å²) in [5.41, 5.74) is 7.64. The van der Waals surface area contributed by atoms with E-state index in [1.54, 1.807) is 36.3 Å². The first kappa shape index (κ1) is 29.6. The van der Waals surface area contributed by atoms with Gasteiger partial charge in [-0.25, -0.2) is 4.39 Å². The lowest BCUT2D eigenvalue weighted by atomic mass is 9.68. The number of nitriles is 1. The van der Waals surface area contributed by atoms with Gasteiger partial charge in [-0.3, -0.25) is 14.5 Å². The van der Waals surface area contributed by atoms with Gasteiger partial charge in [0, 0.05) is 34.0 Å². The van der Waals surface area contributed by atoms with Gasteiger partial charge in [0.15, 0.2) is 10.1 Å². The predicted molar refractivity (Wildman–Crippen MR) is 161 cm³/mol. The van der Waals surface area contributed by atoms with E-state index in [4.69, 9.17) is 22.1 Å². The zero-order valence-electron chi connectivity index (χ0n) is 22.9. The van der Waals surface area contributed by atoms with Crippen LogP contribution in [-0.2, 0) is 9.59 Å². The van der Waals surface area contributed by atoms with Crippen LogP contribution in [0.4, 0.5) is 15.2 Å². The molecule has 2 aliphatic rings. The lowest BCUT2D eigenvalue weighted by Gasteiger charge is -2.42. The lowest BCUT2D eigenvalue weighted by Crippen LogP contribution is -2.42. The van der Waals surface area contributed by atoms with Crippen LogP contribution in [0.1, 0.15) is 38.2 Å². The van der Waals surface area contributed by atoms with Gasteiger partial charge in [-0.05, 0) is 48.2 Å². The Morgan fingerprint density at radius 1 is 1.29 bits per heavy atom. The van der Waals surface area contributed by atoms with Crippen molar-refractivity contribution in [2.24, 2.45) is 11.1 Å². The Morgan fingerprint density at radius 2 is 2.02 bits per heavy atom. The van der Waals surface area contributed by atoms with Crippen LogP contribution in [0.5, 0.6) is 5.75 Å². The van der Waals surface area contributed by atoms with Gasteiger partial charge in [-0.15, -0.1) is 10.2 Å². The van der Waals surface area contributed by atoms with Crippen molar-refractivity contribution < 1.29 is 18.7 Å². The summed E-state index contributed by atoms with van der Waals surface area (Å²) in [4.78, 5) is 27.8. The van der Waals surface area contributed by atoms with Gasteiger partial charge in [0.1, 0.15) is 17.4 Å². The molecule has 5 rings (SSSR count). The van der Waals surface area contributed by atoms with E-state index in [-0.39, 0.29) is 51.4 Å². The molecule has 1 unspecified atom stereocenters. The SMILES string of the molecule is COc1ccc(NC(=O)CSc2nnc(N3C(N)=C(C#N)C(c4c(F)cccc4Cl)C4=C3CC(C)(C)CC4=O)s2)cc1. The van der Waals surface area contributed by atoms with Crippen LogP contribution in [0.15, 0.2) is 69.5 Å². The number of aromatic nitrogens is 2. The highest BCUT2D eigenvalue weighted by Crippen LogP contribution is 2.52. The average molecular weight is 625 g/mol. The zero-order valence-corrected chi connectivity index (χ0v) is 25.3. The maximum absolute atomic E-state index is 15.2. The number of carbonyl (C=O) groups excluding carboxylic acids is 2. The van der Waals surface area contributed by atoms with Crippen LogP contribution >= 0.6 is 34.7 Å². The third kappa shape index (κ3) is 5.72. The number of halogens is 2. The second-order valence-corrected chi connectivity index (χ2v) is 13.1. The number of amides is 1. The summed E-state index contributed by atoms with van der Waals surface area (Å²) in [6.07, 6.45) is 0.629. The van der Waals surface area contributed by atoms with Crippen LogP contribution in [0, 0.1) is 22.6 Å². The molecule has 2 heterocycles. The number of methoxy groups -OCH3 is 1. The van der Waals surface area contributed by atoms with Crippen molar-refractivity contribution in [2.45, 2.75) is 36.9 Å². The molecule has 216 valence electrons. The van der Waals surface area contributed by atoms with Gasteiger partial charge in [0.05, 0.1) is 30.4 Å². The molecule has 1 aromatic heterocycles. The van der Waals surface area contributed by atoms with Gasteiger partial charge < -0.3 is 15.8 Å². The number of ketones is 1. The largest absolute Gasteiger partial charge is 0.497 e. The minimum absolute atomic E-state index is 0.00271. The van der Waals surface area contributed by atoms with Crippen molar-refractivity contribution >= 4 is 57.2 Å². The van der Waals surface area contributed by atoms with E-state index in [1.807, 2.05) is 13.8 Å². The summed E-state index contributed by atoms with van der Waals surface area (Å²) in [7, 11) is 1.57. The number of hydrogen-bond donors (Lipinski definition) is 2. The molecule has 9 nitrogen and oxygen atoms in total. The van der Waals surface area contributed by atoms with Crippen molar-refractivity contribution in [2.75, 3.05) is 23.1 Å². The Kier molecular flexibility index (Phi) is 8.28. The standard InChI is InChI=1S/C29H26ClFN6O3S2/c1-29(2)11-20-25(21(38)12-29)23(24-18(30)5-4-6-19(24)31)17(13-32)26(33)37(20)27-35-36-28(42-27)41-14-22(39)34-15-7-9-16(40-3)10-8-15/h4-10,23H,11-12,14,33H2,1-3H3,(H,34,39). The van der Waals surface area contributed by atoms with Crippen LogP contribution < -0.4 is 20.7 Å². The molecule has 3 aromatic rings. The maximum Gasteiger partial charge on any atom is 0.234 e. The fraction of sp³-hybridized carbons (Fsp3) is 0.276. The number of nitrogens with zero attached hydrogens (tertiary/aromatic N) is 4. The number of ether oxygens (including phenoxy) is 1. The number of allylic oxidation sites excluding steroid dienone is 3. The van der Waals surface area contributed by atoms with Crippen molar-refractivity contribution in [3.63, 3.8) is 0 Å². The number of Topliss-reactive ketones (excluding diaryl/α,β-unsaturated/α-hetero) is 1. The van der Waals surface area contributed by atoms with Crippen molar-refractivity contribution in [1.82, 2.24) is 10.2 Å². The molecule has 0 fully saturated rings. The van der Waals surface area contributed by atoms with Crippen molar-refractivity contribution in [3.8, 4) is 11.8 Å². The molecular formula is C29H26ClFN6O3S2. The molecule has 2 aromatic carbocycles. The van der Waals surface area contributed by atoms with Crippen molar-refractivity contribution in [3.05, 3.63) is 81.5 Å².